The van der Waals surface area contributed by atoms with Crippen LogP contribution in [0.5, 0.6) is 23.0 Å². The molecule has 4 aromatic carbocycles. The van der Waals surface area contributed by atoms with Gasteiger partial charge < -0.3 is 34.5 Å². The number of phenols is 2. The Labute approximate surface area is 301 Å². The van der Waals surface area contributed by atoms with Gasteiger partial charge >= 0.3 is 11.9 Å². The Morgan fingerprint density at radius 1 is 0.615 bits per heavy atom. The standard InChI is InChI=1S/C41H39NO10/c1-24(51-30-15-17-32(36(43)19-30)38(45)28-11-7-5-8-12-28)22-49-40(47)34-21-35(27(4)42-26(34)3)41(48)50-23-25(2)52-31-16-18-33(37(44)20-31)39(46)29-13-9-6-10-14-29/h5-20,24-25,42-44H,21-23H2,1-4H3. The zero-order chi connectivity index (χ0) is 37.4. The molecular weight excluding hydrogens is 666 g/mol. The first-order valence-electron chi connectivity index (χ1n) is 16.6. The molecule has 3 N–H and O–H groups in total. The second-order valence-corrected chi connectivity index (χ2v) is 12.3. The van der Waals surface area contributed by atoms with E-state index in [1.165, 1.54) is 24.3 Å². The van der Waals surface area contributed by atoms with Gasteiger partial charge in [0.25, 0.3) is 0 Å². The third-order valence-electron chi connectivity index (χ3n) is 8.20. The van der Waals surface area contributed by atoms with Crippen LogP contribution < -0.4 is 14.8 Å². The number of hydrogen-bond donors (Lipinski definition) is 3. The molecule has 0 aliphatic carbocycles. The summed E-state index contributed by atoms with van der Waals surface area (Å²) < 4.78 is 22.6. The molecule has 11 heteroatoms. The monoisotopic (exact) mass is 705 g/mol. The van der Waals surface area contributed by atoms with Gasteiger partial charge in [-0.25, -0.2) is 9.59 Å². The molecule has 1 aliphatic rings. The molecule has 1 heterocycles. The van der Waals surface area contributed by atoms with Crippen molar-refractivity contribution in [2.75, 3.05) is 13.2 Å². The molecule has 0 amide bonds. The fourth-order valence-corrected chi connectivity index (χ4v) is 5.46. The molecule has 4 aromatic rings. The number of esters is 2. The van der Waals surface area contributed by atoms with Crippen LogP contribution in [0.1, 0.15) is 66.0 Å². The summed E-state index contributed by atoms with van der Waals surface area (Å²) in [6.07, 6.45) is -1.24. The first kappa shape index (κ1) is 36.9. The lowest BCUT2D eigenvalue weighted by Gasteiger charge is -2.23. The minimum atomic E-state index is -0.643. The van der Waals surface area contributed by atoms with Gasteiger partial charge in [-0.15, -0.1) is 0 Å². The minimum Gasteiger partial charge on any atom is -0.507 e. The first-order valence-corrected chi connectivity index (χ1v) is 16.6. The van der Waals surface area contributed by atoms with Gasteiger partial charge in [0.1, 0.15) is 48.4 Å². The summed E-state index contributed by atoms with van der Waals surface area (Å²) in [5.74, 6) is -1.84. The lowest BCUT2D eigenvalue weighted by atomic mass is 9.98. The highest BCUT2D eigenvalue weighted by Gasteiger charge is 2.28. The molecule has 52 heavy (non-hydrogen) atoms. The van der Waals surface area contributed by atoms with Crippen LogP contribution in [0, 0.1) is 0 Å². The Hall–Kier alpha value is -6.36. The quantitative estimate of drug-likeness (QED) is 0.0982. The Balaban J connectivity index is 1.10. The maximum absolute atomic E-state index is 13.1. The number of hydrogen-bond acceptors (Lipinski definition) is 11. The molecule has 0 spiro atoms. The second kappa shape index (κ2) is 16.6. The molecule has 2 unspecified atom stereocenters. The average molecular weight is 706 g/mol. The first-order chi connectivity index (χ1) is 24.9. The number of rotatable bonds is 14. The summed E-state index contributed by atoms with van der Waals surface area (Å²) >= 11 is 0. The van der Waals surface area contributed by atoms with Crippen LogP contribution in [0.3, 0.4) is 0 Å². The predicted molar refractivity (Wildman–Crippen MR) is 191 cm³/mol. The van der Waals surface area contributed by atoms with Crippen LogP contribution in [0.4, 0.5) is 0 Å². The molecular formula is C41H39NO10. The number of carbonyl (C=O) groups excluding carboxylic acids is 4. The van der Waals surface area contributed by atoms with Crippen molar-refractivity contribution in [1.29, 1.82) is 0 Å². The van der Waals surface area contributed by atoms with Crippen LogP contribution in [-0.2, 0) is 19.1 Å². The van der Waals surface area contributed by atoms with Crippen molar-refractivity contribution in [2.45, 2.75) is 46.3 Å². The van der Waals surface area contributed by atoms with Crippen LogP contribution >= 0.6 is 0 Å². The van der Waals surface area contributed by atoms with Crippen molar-refractivity contribution in [3.05, 3.63) is 142 Å². The Bertz CT molecular complexity index is 1890. The number of carbonyl (C=O) groups is 4. The van der Waals surface area contributed by atoms with E-state index in [4.69, 9.17) is 18.9 Å². The third kappa shape index (κ3) is 9.05. The molecule has 0 saturated carbocycles. The largest absolute Gasteiger partial charge is 0.507 e. The van der Waals surface area contributed by atoms with E-state index in [1.54, 1.807) is 100 Å². The Morgan fingerprint density at radius 2 is 1.00 bits per heavy atom. The van der Waals surface area contributed by atoms with Crippen molar-refractivity contribution in [3.63, 3.8) is 0 Å². The number of ketones is 2. The number of ether oxygens (including phenoxy) is 4. The SMILES string of the molecule is CC1=C(C(=O)OCC(C)Oc2ccc(C(=O)c3ccccc3)c(O)c2)CC(C(=O)OCC(C)Oc2ccc(C(=O)c3ccccc3)c(O)c2)=C(C)N1. The van der Waals surface area contributed by atoms with Crippen LogP contribution in [0.15, 0.2) is 120 Å². The Kier molecular flexibility index (Phi) is 11.8. The minimum absolute atomic E-state index is 0.0254. The molecule has 0 radical (unpaired) electrons. The van der Waals surface area contributed by atoms with E-state index in [2.05, 4.69) is 5.32 Å². The molecule has 0 saturated heterocycles. The van der Waals surface area contributed by atoms with Crippen molar-refractivity contribution >= 4 is 23.5 Å². The van der Waals surface area contributed by atoms with E-state index in [9.17, 15) is 29.4 Å². The van der Waals surface area contributed by atoms with Gasteiger partial charge in [-0.3, -0.25) is 9.59 Å². The normalized spacial score (nSPS) is 13.8. The summed E-state index contributed by atoms with van der Waals surface area (Å²) in [6.45, 7) is 6.51. The molecule has 268 valence electrons. The van der Waals surface area contributed by atoms with Crippen LogP contribution in [0.25, 0.3) is 0 Å². The van der Waals surface area contributed by atoms with Crippen molar-refractivity contribution < 1.29 is 48.3 Å². The second-order valence-electron chi connectivity index (χ2n) is 12.3. The van der Waals surface area contributed by atoms with Crippen molar-refractivity contribution in [3.8, 4) is 23.0 Å². The number of phenolic OH excluding ortho intramolecular Hbond substituents is 2. The molecule has 0 aromatic heterocycles. The number of benzene rings is 4. The summed E-state index contributed by atoms with van der Waals surface area (Å²) in [7, 11) is 0. The van der Waals surface area contributed by atoms with Gasteiger partial charge in [-0.2, -0.15) is 0 Å². The van der Waals surface area contributed by atoms with Gasteiger partial charge in [-0.1, -0.05) is 60.7 Å². The molecule has 0 fully saturated rings. The van der Waals surface area contributed by atoms with Gasteiger partial charge in [-0.05, 0) is 52.0 Å². The fraction of sp³-hybridized carbons (Fsp3) is 0.220. The van der Waals surface area contributed by atoms with Crippen LogP contribution in [0.2, 0.25) is 0 Å². The highest BCUT2D eigenvalue weighted by atomic mass is 16.6. The topological polar surface area (TPSA) is 158 Å². The fourth-order valence-electron chi connectivity index (χ4n) is 5.46. The van der Waals surface area contributed by atoms with E-state index in [-0.39, 0.29) is 76.5 Å². The number of allylic oxidation sites excluding steroid dienone is 2. The summed E-state index contributed by atoms with van der Waals surface area (Å²) in [5, 5.41) is 24.0. The summed E-state index contributed by atoms with van der Waals surface area (Å²) in [5.41, 5.74) is 2.70. The summed E-state index contributed by atoms with van der Waals surface area (Å²) in [6, 6.07) is 25.9. The maximum atomic E-state index is 13.1. The van der Waals surface area contributed by atoms with Gasteiger partial charge in [0.05, 0.1) is 22.3 Å². The van der Waals surface area contributed by atoms with Crippen molar-refractivity contribution in [1.82, 2.24) is 5.32 Å². The molecule has 1 aliphatic heterocycles. The van der Waals surface area contributed by atoms with Crippen molar-refractivity contribution in [2.24, 2.45) is 0 Å². The highest BCUT2D eigenvalue weighted by molar-refractivity contribution is 6.11. The molecule has 0 bridgehead atoms. The van der Waals surface area contributed by atoms with Gasteiger partial charge in [0.2, 0.25) is 0 Å². The predicted octanol–water partition coefficient (Wildman–Crippen LogP) is 6.42. The molecule has 11 nitrogen and oxygen atoms in total. The van der Waals surface area contributed by atoms with Gasteiger partial charge in [0.15, 0.2) is 11.6 Å². The Morgan fingerprint density at radius 3 is 1.37 bits per heavy atom. The van der Waals surface area contributed by atoms with E-state index in [1.807, 2.05) is 0 Å². The van der Waals surface area contributed by atoms with E-state index in [0.717, 1.165) is 0 Å². The van der Waals surface area contributed by atoms with Gasteiger partial charge in [0, 0.05) is 41.1 Å². The van der Waals surface area contributed by atoms with E-state index >= 15 is 0 Å². The maximum Gasteiger partial charge on any atom is 0.336 e. The number of aromatic hydroxyl groups is 2. The smallest absolute Gasteiger partial charge is 0.336 e. The lowest BCUT2D eigenvalue weighted by Crippen LogP contribution is -2.29. The molecule has 2 atom stereocenters. The summed E-state index contributed by atoms with van der Waals surface area (Å²) in [4.78, 5) is 51.7. The highest BCUT2D eigenvalue weighted by Crippen LogP contribution is 2.29. The van der Waals surface area contributed by atoms with E-state index < -0.39 is 24.1 Å². The zero-order valence-electron chi connectivity index (χ0n) is 29.2. The molecule has 5 rings (SSSR count). The lowest BCUT2D eigenvalue weighted by molar-refractivity contribution is -0.142. The van der Waals surface area contributed by atoms with E-state index in [0.29, 0.717) is 22.5 Å². The van der Waals surface area contributed by atoms with Crippen LogP contribution in [-0.4, -0.2) is 59.1 Å². The third-order valence-corrected chi connectivity index (χ3v) is 8.20. The number of nitrogens with one attached hydrogen (secondary N) is 1. The number of dihydropyridines is 1. The zero-order valence-corrected chi connectivity index (χ0v) is 29.2. The average Bonchev–Trinajstić information content (AvgIpc) is 3.13.